The van der Waals surface area contributed by atoms with Crippen molar-refractivity contribution in [2.24, 2.45) is 5.92 Å². The highest BCUT2D eigenvalue weighted by Crippen LogP contribution is 2.47. The summed E-state index contributed by atoms with van der Waals surface area (Å²) < 4.78 is 73.4. The van der Waals surface area contributed by atoms with E-state index in [0.29, 0.717) is 30.1 Å². The monoisotopic (exact) mass is 686 g/mol. The van der Waals surface area contributed by atoms with Crippen molar-refractivity contribution in [3.8, 4) is 11.5 Å². The average molecular weight is 687 g/mol. The number of hydrogen-bond donors (Lipinski definition) is 2. The number of methoxy groups -OCH3 is 1. The number of nitrogens with one attached hydrogen (secondary N) is 1. The summed E-state index contributed by atoms with van der Waals surface area (Å²) in [6, 6.07) is 11.9. The molecule has 1 aliphatic rings. The summed E-state index contributed by atoms with van der Waals surface area (Å²) in [5, 5.41) is 14.2. The Morgan fingerprint density at radius 2 is 1.67 bits per heavy atom. The zero-order valence-electron chi connectivity index (χ0n) is 27.1. The molecule has 0 spiro atoms. The van der Waals surface area contributed by atoms with Gasteiger partial charge in [-0.1, -0.05) is 26.0 Å². The first-order valence-corrected chi connectivity index (χ1v) is 18.5. The molecule has 1 fully saturated rings. The van der Waals surface area contributed by atoms with Crippen LogP contribution in [0.3, 0.4) is 0 Å². The van der Waals surface area contributed by atoms with Crippen molar-refractivity contribution in [2.45, 2.75) is 63.7 Å². The number of aliphatic hydroxyl groups is 1. The van der Waals surface area contributed by atoms with Crippen molar-refractivity contribution in [1.82, 2.24) is 9.62 Å². The Morgan fingerprint density at radius 1 is 1.04 bits per heavy atom. The van der Waals surface area contributed by atoms with Gasteiger partial charge in [-0.25, -0.2) is 13.2 Å². The van der Waals surface area contributed by atoms with E-state index < -0.39 is 42.0 Å². The number of carbonyl (C=O) groups is 1. The third-order valence-electron chi connectivity index (χ3n) is 7.01. The van der Waals surface area contributed by atoms with Gasteiger partial charge in [-0.15, -0.1) is 0 Å². The van der Waals surface area contributed by atoms with Crippen LogP contribution in [0.4, 0.5) is 4.79 Å². The molecule has 0 aliphatic carbocycles. The second-order valence-corrected chi connectivity index (χ2v) is 15.1. The van der Waals surface area contributed by atoms with Crippen LogP contribution in [0.1, 0.15) is 39.7 Å². The van der Waals surface area contributed by atoms with Crippen LogP contribution in [0.25, 0.3) is 0 Å². The Bertz CT molecular complexity index is 1360. The molecule has 0 saturated carbocycles. The summed E-state index contributed by atoms with van der Waals surface area (Å²) in [4.78, 5) is 12.9. The fourth-order valence-electron chi connectivity index (χ4n) is 4.77. The highest BCUT2D eigenvalue weighted by molar-refractivity contribution is 7.89. The van der Waals surface area contributed by atoms with Crippen LogP contribution in [-0.4, -0.2) is 95.1 Å². The van der Waals surface area contributed by atoms with Gasteiger partial charge in [0.15, 0.2) is 6.35 Å². The van der Waals surface area contributed by atoms with E-state index in [0.717, 1.165) is 0 Å². The molecule has 2 N–H and O–H groups in total. The molecule has 15 heteroatoms. The Balaban J connectivity index is 1.79. The van der Waals surface area contributed by atoms with Crippen molar-refractivity contribution in [2.75, 3.05) is 53.0 Å². The van der Waals surface area contributed by atoms with E-state index in [2.05, 4.69) is 5.32 Å². The number of rotatable bonds is 19. The van der Waals surface area contributed by atoms with Crippen molar-refractivity contribution in [3.63, 3.8) is 0 Å². The maximum absolute atomic E-state index is 13.7. The Kier molecular flexibility index (Phi) is 14.8. The third kappa shape index (κ3) is 11.5. The number of benzene rings is 2. The zero-order chi connectivity index (χ0) is 33.7. The van der Waals surface area contributed by atoms with Gasteiger partial charge in [0.05, 0.1) is 50.6 Å². The van der Waals surface area contributed by atoms with Gasteiger partial charge in [-0.05, 0) is 68.1 Å². The number of amides is 1. The SMILES string of the molecule is CCOP(=O)(COc1ccc(C[C@H](NC(=O)O[C@@H]2CCOC2)[C@H](O)CN(CC(C)C)S(=O)(=O)c2ccc(OC)cc2)cc1)OCC. The fourth-order valence-corrected chi connectivity index (χ4v) is 7.71. The van der Waals surface area contributed by atoms with Gasteiger partial charge in [0.2, 0.25) is 10.0 Å². The predicted octanol–water partition coefficient (Wildman–Crippen LogP) is 4.43. The quantitative estimate of drug-likeness (QED) is 0.201. The number of hydrogen-bond acceptors (Lipinski definition) is 11. The molecular formula is C31H47N2O11PS. The first-order valence-electron chi connectivity index (χ1n) is 15.4. The molecule has 13 nitrogen and oxygen atoms in total. The molecule has 3 rings (SSSR count). The maximum atomic E-state index is 13.7. The largest absolute Gasteiger partial charge is 0.497 e. The van der Waals surface area contributed by atoms with Gasteiger partial charge in [0, 0.05) is 19.5 Å². The second kappa shape index (κ2) is 18.0. The molecule has 0 aromatic heterocycles. The van der Waals surface area contributed by atoms with Gasteiger partial charge in [-0.2, -0.15) is 4.31 Å². The normalized spacial score (nSPS) is 16.7. The van der Waals surface area contributed by atoms with E-state index in [1.54, 1.807) is 50.2 Å². The van der Waals surface area contributed by atoms with Crippen molar-refractivity contribution in [1.29, 1.82) is 0 Å². The number of ether oxygens (including phenoxy) is 4. The van der Waals surface area contributed by atoms with Crippen LogP contribution in [0, 0.1) is 5.92 Å². The van der Waals surface area contributed by atoms with E-state index >= 15 is 0 Å². The van der Waals surface area contributed by atoms with Gasteiger partial charge in [0.1, 0.15) is 17.6 Å². The number of carbonyl (C=O) groups excluding carboxylic acids is 1. The van der Waals surface area contributed by atoms with E-state index in [-0.39, 0.29) is 56.5 Å². The standard InChI is InChI=1S/C31H47N2O11PS/c1-6-42-45(36,43-7-2)22-41-26-10-8-24(9-11-26)18-29(32-31(35)44-27-16-17-40-21-27)30(34)20-33(19-23(3)4)46(37,38)28-14-12-25(39-5)13-15-28/h8-15,23,27,29-30,34H,6-7,16-22H2,1-5H3,(H,32,35)/t27-,29+,30-/m1/s1. The molecule has 1 amide bonds. The van der Waals surface area contributed by atoms with E-state index in [4.69, 9.17) is 28.0 Å². The highest BCUT2D eigenvalue weighted by atomic mass is 32.2. The van der Waals surface area contributed by atoms with Gasteiger partial charge in [0.25, 0.3) is 0 Å². The van der Waals surface area contributed by atoms with Crippen LogP contribution >= 0.6 is 7.60 Å². The number of alkyl carbamates (subject to hydrolysis) is 1. The number of aliphatic hydroxyl groups excluding tert-OH is 1. The van der Waals surface area contributed by atoms with Crippen LogP contribution in [0.5, 0.6) is 11.5 Å². The fraction of sp³-hybridized carbons (Fsp3) is 0.581. The molecule has 2 aromatic carbocycles. The van der Waals surface area contributed by atoms with Crippen LogP contribution in [0.15, 0.2) is 53.4 Å². The Hall–Kier alpha value is -2.71. The summed E-state index contributed by atoms with van der Waals surface area (Å²) in [7, 11) is -5.92. The number of nitrogens with zero attached hydrogens (tertiary/aromatic N) is 1. The van der Waals surface area contributed by atoms with Crippen molar-refractivity contribution < 1.29 is 50.9 Å². The zero-order valence-corrected chi connectivity index (χ0v) is 28.8. The predicted molar refractivity (Wildman–Crippen MR) is 172 cm³/mol. The van der Waals surface area contributed by atoms with Crippen LogP contribution in [0.2, 0.25) is 0 Å². The third-order valence-corrected chi connectivity index (χ3v) is 10.6. The minimum Gasteiger partial charge on any atom is -0.497 e. The van der Waals surface area contributed by atoms with Gasteiger partial charge < -0.3 is 38.4 Å². The van der Waals surface area contributed by atoms with Gasteiger partial charge >= 0.3 is 13.7 Å². The minimum absolute atomic E-state index is 0.0488. The summed E-state index contributed by atoms with van der Waals surface area (Å²) in [6.45, 7) is 8.23. The van der Waals surface area contributed by atoms with Crippen molar-refractivity contribution in [3.05, 3.63) is 54.1 Å². The highest BCUT2D eigenvalue weighted by Gasteiger charge is 2.32. The lowest BCUT2D eigenvalue weighted by atomic mass is 10.0. The molecule has 1 heterocycles. The Morgan fingerprint density at radius 3 is 2.22 bits per heavy atom. The van der Waals surface area contributed by atoms with Gasteiger partial charge in [-0.3, -0.25) is 4.57 Å². The van der Waals surface area contributed by atoms with E-state index in [9.17, 15) is 22.9 Å². The minimum atomic E-state index is -4.00. The molecule has 46 heavy (non-hydrogen) atoms. The topological polar surface area (TPSA) is 159 Å². The van der Waals surface area contributed by atoms with Crippen molar-refractivity contribution >= 4 is 23.7 Å². The first kappa shape index (κ1) is 37.7. The van der Waals surface area contributed by atoms with Crippen LogP contribution < -0.4 is 14.8 Å². The smallest absolute Gasteiger partial charge is 0.407 e. The molecular weight excluding hydrogens is 639 g/mol. The molecule has 1 aliphatic heterocycles. The lowest BCUT2D eigenvalue weighted by Gasteiger charge is -2.30. The lowest BCUT2D eigenvalue weighted by Crippen LogP contribution is -2.51. The molecule has 3 atom stereocenters. The average Bonchev–Trinajstić information content (AvgIpc) is 3.53. The molecule has 258 valence electrons. The lowest BCUT2D eigenvalue weighted by molar-refractivity contribution is 0.0644. The van der Waals surface area contributed by atoms with Crippen LogP contribution in [-0.2, 0) is 39.5 Å². The van der Waals surface area contributed by atoms with E-state index in [1.165, 1.54) is 23.5 Å². The summed E-state index contributed by atoms with van der Waals surface area (Å²) in [6.07, 6.45) is -2.02. The molecule has 0 radical (unpaired) electrons. The molecule has 2 aromatic rings. The summed E-state index contributed by atoms with van der Waals surface area (Å²) in [5.41, 5.74) is 0.715. The maximum Gasteiger partial charge on any atom is 0.407 e. The molecule has 0 bridgehead atoms. The first-order chi connectivity index (χ1) is 21.9. The Labute approximate surface area is 272 Å². The summed E-state index contributed by atoms with van der Waals surface area (Å²) >= 11 is 0. The summed E-state index contributed by atoms with van der Waals surface area (Å²) in [5.74, 6) is 0.883. The molecule has 1 saturated heterocycles. The van der Waals surface area contributed by atoms with E-state index in [1.807, 2.05) is 13.8 Å². The second-order valence-electron chi connectivity index (χ2n) is 11.2. The molecule has 0 unspecified atom stereocenters. The number of sulfonamides is 1.